The van der Waals surface area contributed by atoms with Gasteiger partial charge in [0.05, 0.1) is 24.1 Å². The molecule has 4 N–H and O–H groups in total. The predicted molar refractivity (Wildman–Crippen MR) is 221 cm³/mol. The molecule has 0 bridgehead atoms. The Morgan fingerprint density at radius 1 is 1.13 bits per heavy atom. The fraction of sp³-hybridized carbons (Fsp3) is 0.465. The zero-order valence-electron chi connectivity index (χ0n) is 33.6. The second-order valence-electron chi connectivity index (χ2n) is 16.6. The van der Waals surface area contributed by atoms with Crippen LogP contribution in [0.1, 0.15) is 101 Å². The van der Waals surface area contributed by atoms with Gasteiger partial charge < -0.3 is 20.7 Å². The number of primary amides is 1. The molecule has 17 heteroatoms. The molecule has 60 heavy (non-hydrogen) atoms. The van der Waals surface area contributed by atoms with E-state index >= 15 is 0 Å². The average Bonchev–Trinajstić information content (AvgIpc) is 3.42. The number of hydrogen-bond acceptors (Lipinski definition) is 10. The topological polar surface area (TPSA) is 174 Å². The number of alkyl halides is 3. The monoisotopic (exact) mass is 844 g/mol. The Kier molecular flexibility index (Phi) is 11.7. The smallest absolute Gasteiger partial charge is 0.419 e. The first kappa shape index (κ1) is 42.5. The highest BCUT2D eigenvalue weighted by molar-refractivity contribution is 7.81. The van der Waals surface area contributed by atoms with Crippen LogP contribution in [-0.4, -0.2) is 68.9 Å². The quantitative estimate of drug-likeness (QED) is 0.138. The number of aromatic nitrogens is 1. The minimum Gasteiger partial charge on any atom is -0.493 e. The third-order valence-electron chi connectivity index (χ3n) is 12.3. The van der Waals surface area contributed by atoms with E-state index in [1.165, 1.54) is 6.07 Å². The molecule has 3 aliphatic heterocycles. The van der Waals surface area contributed by atoms with Gasteiger partial charge in [-0.15, -0.1) is 0 Å². The van der Waals surface area contributed by atoms with Crippen molar-refractivity contribution in [1.29, 1.82) is 5.26 Å². The number of rotatable bonds is 12. The Hall–Kier alpha value is -5.60. The summed E-state index contributed by atoms with van der Waals surface area (Å²) in [6.45, 7) is 7.25. The van der Waals surface area contributed by atoms with E-state index < -0.39 is 52.4 Å². The van der Waals surface area contributed by atoms with E-state index in [-0.39, 0.29) is 29.0 Å². The van der Waals surface area contributed by atoms with Gasteiger partial charge >= 0.3 is 6.18 Å². The second-order valence-corrected chi connectivity index (χ2v) is 16.9. The van der Waals surface area contributed by atoms with Crippen LogP contribution in [0, 0.1) is 17.2 Å². The van der Waals surface area contributed by atoms with E-state index in [1.807, 2.05) is 49.4 Å². The van der Waals surface area contributed by atoms with Crippen molar-refractivity contribution in [1.82, 2.24) is 15.2 Å². The molecule has 3 saturated heterocycles. The number of aryl methyl sites for hydroxylation is 1. The van der Waals surface area contributed by atoms with E-state index in [9.17, 15) is 37.6 Å². The maximum atomic E-state index is 14.0. The van der Waals surface area contributed by atoms with Crippen molar-refractivity contribution in [2.75, 3.05) is 28.3 Å². The molecule has 316 valence electrons. The number of amides is 4. The number of nitrogens with two attached hydrogens (primary N) is 1. The molecular weight excluding hydrogens is 798 g/mol. The van der Waals surface area contributed by atoms with Crippen LogP contribution in [0.15, 0.2) is 54.7 Å². The highest BCUT2D eigenvalue weighted by atomic mass is 32.1. The summed E-state index contributed by atoms with van der Waals surface area (Å²) in [5.74, 6) is -0.609. The molecule has 4 amide bonds. The number of anilines is 3. The van der Waals surface area contributed by atoms with Crippen molar-refractivity contribution < 1.29 is 37.1 Å². The van der Waals surface area contributed by atoms with Crippen LogP contribution >= 0.6 is 12.2 Å². The van der Waals surface area contributed by atoms with Crippen molar-refractivity contribution in [2.45, 2.75) is 108 Å². The van der Waals surface area contributed by atoms with Gasteiger partial charge in [-0.25, -0.2) is 4.98 Å². The summed E-state index contributed by atoms with van der Waals surface area (Å²) in [7, 11) is 0. The van der Waals surface area contributed by atoms with Gasteiger partial charge in [0.2, 0.25) is 17.7 Å². The number of carbonyl (C=O) groups is 4. The minimum atomic E-state index is -4.85. The summed E-state index contributed by atoms with van der Waals surface area (Å²) in [5.41, 5.74) is 5.33. The van der Waals surface area contributed by atoms with Gasteiger partial charge in [0.1, 0.15) is 29.4 Å². The van der Waals surface area contributed by atoms with Crippen LogP contribution in [0.5, 0.6) is 5.75 Å². The normalized spacial score (nSPS) is 21.9. The lowest BCUT2D eigenvalue weighted by Crippen LogP contribution is -2.55. The molecule has 7 rings (SSSR count). The highest BCUT2D eigenvalue weighted by Gasteiger charge is 2.60. The molecule has 0 radical (unpaired) electrons. The number of piperidine rings is 2. The zero-order chi connectivity index (χ0) is 43.1. The molecule has 4 heterocycles. The number of nitrogens with one attached hydrogen (secondary N) is 2. The summed E-state index contributed by atoms with van der Waals surface area (Å²) in [6.07, 6.45) is 1.49. The van der Waals surface area contributed by atoms with Crippen molar-refractivity contribution in [3.63, 3.8) is 0 Å². The van der Waals surface area contributed by atoms with Crippen LogP contribution in [0.2, 0.25) is 0 Å². The van der Waals surface area contributed by atoms with Crippen LogP contribution in [0.3, 0.4) is 0 Å². The predicted octanol–water partition coefficient (Wildman–Crippen LogP) is 6.30. The number of nitriles is 1. The molecule has 13 nitrogen and oxygen atoms in total. The summed E-state index contributed by atoms with van der Waals surface area (Å²) in [4.78, 5) is 59.7. The standard InChI is InChI=1S/C43H47F3N8O5S/c1-4-26-20-29(54-40(60)53(39(58)42(54)15-6-16-42)30-21-31(43(44,45)46)33(23-47)49-24-30)9-11-34(26)59-18-14-25-13-17-52(41(2,3)22-25)36(37(48)56)27-7-5-8-28(19-27)50-32-10-12-35(55)51-38(32)57/h5,7-9,11,19-21,24-25,32,36,50H,4,6,10,12-18,22H2,1-3H3,(H2,48,56)(H,51,55,57). The van der Waals surface area contributed by atoms with E-state index in [4.69, 9.17) is 22.7 Å². The van der Waals surface area contributed by atoms with Crippen molar-refractivity contribution in [2.24, 2.45) is 11.7 Å². The van der Waals surface area contributed by atoms with E-state index in [0.717, 1.165) is 48.4 Å². The lowest BCUT2D eigenvalue weighted by atomic mass is 9.75. The van der Waals surface area contributed by atoms with Gasteiger partial charge in [-0.1, -0.05) is 19.1 Å². The van der Waals surface area contributed by atoms with E-state index in [0.29, 0.717) is 67.4 Å². The SMILES string of the molecule is CCc1cc(N2C(=S)N(c3cnc(C#N)c(C(F)(F)F)c3)C(=O)C23CCC3)ccc1OCCC1CCN(C(C(N)=O)c2cccc(NC3CCC(=O)NC3=O)c2)C(C)(C)C1. The molecule has 3 atom stereocenters. The van der Waals surface area contributed by atoms with E-state index in [1.54, 1.807) is 4.90 Å². The lowest BCUT2D eigenvalue weighted by Gasteiger charge is -2.48. The second kappa shape index (κ2) is 16.5. The summed E-state index contributed by atoms with van der Waals surface area (Å²) in [6, 6.07) is 13.9. The average molecular weight is 845 g/mol. The number of thiocarbonyl (C=S) groups is 1. The fourth-order valence-electron chi connectivity index (χ4n) is 9.15. The number of nitrogens with zero attached hydrogens (tertiary/aromatic N) is 5. The van der Waals surface area contributed by atoms with Gasteiger partial charge in [0.25, 0.3) is 5.91 Å². The Morgan fingerprint density at radius 3 is 2.53 bits per heavy atom. The Bertz CT molecular complexity index is 2270. The first-order valence-corrected chi connectivity index (χ1v) is 20.6. The van der Waals surface area contributed by atoms with Gasteiger partial charge in [-0.2, -0.15) is 18.4 Å². The van der Waals surface area contributed by atoms with Gasteiger partial charge in [0, 0.05) is 29.9 Å². The molecule has 1 aliphatic carbocycles. The number of carbonyl (C=O) groups excluding carboxylic acids is 4. The first-order valence-electron chi connectivity index (χ1n) is 20.2. The van der Waals surface area contributed by atoms with Crippen molar-refractivity contribution in [3.05, 3.63) is 77.1 Å². The summed E-state index contributed by atoms with van der Waals surface area (Å²) in [5, 5.41) is 14.8. The first-order chi connectivity index (χ1) is 28.5. The molecule has 4 aliphatic rings. The Morgan fingerprint density at radius 2 is 1.90 bits per heavy atom. The van der Waals surface area contributed by atoms with Crippen LogP contribution in [0.4, 0.5) is 30.2 Å². The Labute approximate surface area is 351 Å². The zero-order valence-corrected chi connectivity index (χ0v) is 34.4. The molecule has 1 spiro atoms. The molecule has 4 fully saturated rings. The minimum absolute atomic E-state index is 0.0409. The number of likely N-dealkylation sites (tertiary alicyclic amines) is 1. The third-order valence-corrected chi connectivity index (χ3v) is 12.7. The maximum Gasteiger partial charge on any atom is 0.419 e. The van der Waals surface area contributed by atoms with Gasteiger partial charge in [-0.3, -0.25) is 34.3 Å². The largest absolute Gasteiger partial charge is 0.493 e. The van der Waals surface area contributed by atoms with Crippen LogP contribution in [-0.2, 0) is 31.8 Å². The van der Waals surface area contributed by atoms with E-state index in [2.05, 4.69) is 34.4 Å². The molecule has 2 aromatic carbocycles. The number of benzene rings is 2. The molecule has 3 aromatic rings. The summed E-state index contributed by atoms with van der Waals surface area (Å²) >= 11 is 5.80. The van der Waals surface area contributed by atoms with Crippen molar-refractivity contribution >= 4 is 58.0 Å². The number of hydrogen-bond donors (Lipinski definition) is 3. The van der Waals surface area contributed by atoms with Crippen LogP contribution < -0.4 is 30.9 Å². The Balaban J connectivity index is 1.01. The highest BCUT2D eigenvalue weighted by Crippen LogP contribution is 2.49. The lowest BCUT2D eigenvalue weighted by molar-refractivity contribution is -0.138. The van der Waals surface area contributed by atoms with Gasteiger partial charge in [0.15, 0.2) is 10.8 Å². The van der Waals surface area contributed by atoms with Gasteiger partial charge in [-0.05, 0) is 131 Å². The molecule has 1 saturated carbocycles. The fourth-order valence-corrected chi connectivity index (χ4v) is 9.62. The van der Waals surface area contributed by atoms with Crippen molar-refractivity contribution in [3.8, 4) is 11.8 Å². The third kappa shape index (κ3) is 8.02. The molecule has 3 unspecified atom stereocenters. The summed E-state index contributed by atoms with van der Waals surface area (Å²) < 4.78 is 47.9. The number of pyridine rings is 1. The van der Waals surface area contributed by atoms with Crippen LogP contribution in [0.25, 0.3) is 0 Å². The number of ether oxygens (including phenoxy) is 1. The molecule has 1 aromatic heterocycles. The number of halogens is 3. The number of imide groups is 1. The maximum absolute atomic E-state index is 14.0. The molecular formula is C43H47F3N8O5S.